The summed E-state index contributed by atoms with van der Waals surface area (Å²) in [5.41, 5.74) is 3.69. The highest BCUT2D eigenvalue weighted by atomic mass is 28.4. The molecule has 0 saturated carbocycles. The summed E-state index contributed by atoms with van der Waals surface area (Å²) in [6, 6.07) is 11.0. The number of ketones is 2. The zero-order valence-electron chi connectivity index (χ0n) is 25.6. The van der Waals surface area contributed by atoms with Crippen LogP contribution in [0, 0.1) is 0 Å². The monoisotopic (exact) mass is 552 g/mol. The normalized spacial score (nSPS) is 14.3. The first-order valence-electron chi connectivity index (χ1n) is 14.4. The Morgan fingerprint density at radius 1 is 0.474 bits per heavy atom. The highest BCUT2D eigenvalue weighted by Gasteiger charge is 2.50. The van der Waals surface area contributed by atoms with Gasteiger partial charge in [-0.05, 0) is 45.4 Å². The Labute approximate surface area is 232 Å². The van der Waals surface area contributed by atoms with E-state index in [0.29, 0.717) is 67.0 Å². The maximum Gasteiger partial charge on any atom is 0.258 e. The number of benzene rings is 2. The Bertz CT molecular complexity index is 1060. The summed E-state index contributed by atoms with van der Waals surface area (Å²) in [7, 11) is -4.71. The van der Waals surface area contributed by atoms with Crippen LogP contribution in [0.1, 0.15) is 115 Å². The van der Waals surface area contributed by atoms with E-state index in [9.17, 15) is 9.59 Å². The Hall–Kier alpha value is -2.19. The third-order valence-corrected chi connectivity index (χ3v) is 21.0. The largest absolute Gasteiger partial charge is 0.542 e. The molecule has 2 aromatic rings. The van der Waals surface area contributed by atoms with E-state index >= 15 is 0 Å². The van der Waals surface area contributed by atoms with Crippen molar-refractivity contribution in [3.8, 4) is 11.5 Å². The molecule has 0 heterocycles. The molecule has 1 aliphatic rings. The summed E-state index contributed by atoms with van der Waals surface area (Å²) in [4.78, 5) is 28.3. The molecule has 2 aromatic carbocycles. The SMILES string of the molecule is CC(C)[Si](Oc1cccc2c1C(=O)c1c(O[Si](C(C)C)(C(C)C)C(C)C)cccc1C2=O)(C(C)C)C(C)C. The van der Waals surface area contributed by atoms with Gasteiger partial charge >= 0.3 is 0 Å². The Morgan fingerprint density at radius 2 is 0.763 bits per heavy atom. The molecular weight excluding hydrogens is 505 g/mol. The Morgan fingerprint density at radius 3 is 1.03 bits per heavy atom. The van der Waals surface area contributed by atoms with Crippen molar-refractivity contribution in [1.29, 1.82) is 0 Å². The van der Waals surface area contributed by atoms with Crippen molar-refractivity contribution in [1.82, 2.24) is 0 Å². The van der Waals surface area contributed by atoms with Gasteiger partial charge < -0.3 is 8.85 Å². The van der Waals surface area contributed by atoms with E-state index < -0.39 is 16.6 Å². The second kappa shape index (κ2) is 11.1. The topological polar surface area (TPSA) is 52.6 Å². The lowest BCUT2D eigenvalue weighted by Crippen LogP contribution is -2.51. The molecule has 208 valence electrons. The maximum atomic E-state index is 14.4. The van der Waals surface area contributed by atoms with Crippen LogP contribution in [-0.2, 0) is 0 Å². The van der Waals surface area contributed by atoms with Gasteiger partial charge in [0.1, 0.15) is 11.5 Å². The smallest absolute Gasteiger partial charge is 0.258 e. The fraction of sp³-hybridized carbons (Fsp3) is 0.562. The lowest BCUT2D eigenvalue weighted by molar-refractivity contribution is 0.0975. The fourth-order valence-electron chi connectivity index (χ4n) is 7.44. The van der Waals surface area contributed by atoms with Gasteiger partial charge in [-0.3, -0.25) is 9.59 Å². The third-order valence-electron chi connectivity index (χ3n) is 8.98. The van der Waals surface area contributed by atoms with Crippen molar-refractivity contribution in [3.05, 3.63) is 58.7 Å². The summed E-state index contributed by atoms with van der Waals surface area (Å²) in [6.07, 6.45) is 0. The number of fused-ring (bicyclic) bond motifs is 2. The van der Waals surface area contributed by atoms with Crippen LogP contribution in [0.2, 0.25) is 33.2 Å². The standard InChI is InChI=1S/C32H48O4Si2/c1-19(2)37(20(3)4,21(5)6)35-27-17-13-15-25-29(27)32(34)30-26(31(25)33)16-14-18-28(30)36-38(22(7)8,23(9)10)24(11)12/h13-24H,1-12H3. The van der Waals surface area contributed by atoms with E-state index in [1.54, 1.807) is 12.1 Å². The summed E-state index contributed by atoms with van der Waals surface area (Å²) < 4.78 is 14.0. The minimum atomic E-state index is -2.36. The second-order valence-corrected chi connectivity index (χ2v) is 23.6. The highest BCUT2D eigenvalue weighted by Crippen LogP contribution is 2.47. The number of carbonyl (C=O) groups excluding carboxylic acids is 2. The zero-order chi connectivity index (χ0) is 28.7. The molecule has 0 radical (unpaired) electrons. The van der Waals surface area contributed by atoms with Gasteiger partial charge in [-0.15, -0.1) is 0 Å². The molecule has 0 N–H and O–H groups in total. The van der Waals surface area contributed by atoms with E-state index in [1.807, 2.05) is 24.3 Å². The van der Waals surface area contributed by atoms with Gasteiger partial charge in [-0.25, -0.2) is 0 Å². The van der Waals surface area contributed by atoms with Crippen LogP contribution < -0.4 is 8.85 Å². The number of carbonyl (C=O) groups is 2. The lowest BCUT2D eigenvalue weighted by Gasteiger charge is -2.43. The number of hydrogen-bond donors (Lipinski definition) is 0. The van der Waals surface area contributed by atoms with Crippen LogP contribution in [-0.4, -0.2) is 28.2 Å². The van der Waals surface area contributed by atoms with Gasteiger partial charge in [-0.1, -0.05) is 107 Å². The van der Waals surface area contributed by atoms with E-state index in [0.717, 1.165) is 0 Å². The number of rotatable bonds is 10. The molecule has 0 atom stereocenters. The van der Waals surface area contributed by atoms with Crippen LogP contribution >= 0.6 is 0 Å². The number of hydrogen-bond acceptors (Lipinski definition) is 4. The van der Waals surface area contributed by atoms with Crippen LogP contribution in [0.5, 0.6) is 11.5 Å². The molecule has 0 amide bonds. The summed E-state index contributed by atoms with van der Waals surface area (Å²) in [6.45, 7) is 26.7. The molecule has 38 heavy (non-hydrogen) atoms. The van der Waals surface area contributed by atoms with Gasteiger partial charge in [-0.2, -0.15) is 0 Å². The molecule has 0 bridgehead atoms. The van der Waals surface area contributed by atoms with Crippen molar-refractivity contribution in [3.63, 3.8) is 0 Å². The summed E-state index contributed by atoms with van der Waals surface area (Å²) >= 11 is 0. The molecule has 6 heteroatoms. The zero-order valence-corrected chi connectivity index (χ0v) is 27.6. The fourth-order valence-corrected chi connectivity index (χ4v) is 18.0. The molecule has 0 aromatic heterocycles. The first-order valence-corrected chi connectivity index (χ1v) is 18.7. The van der Waals surface area contributed by atoms with Crippen LogP contribution in [0.15, 0.2) is 36.4 Å². The Kier molecular flexibility index (Phi) is 8.89. The van der Waals surface area contributed by atoms with E-state index in [-0.39, 0.29) is 11.6 Å². The van der Waals surface area contributed by atoms with Crippen molar-refractivity contribution in [2.24, 2.45) is 0 Å². The van der Waals surface area contributed by atoms with Crippen LogP contribution in [0.3, 0.4) is 0 Å². The second-order valence-electron chi connectivity index (χ2n) is 12.9. The van der Waals surface area contributed by atoms with Gasteiger partial charge in [0.05, 0.1) is 11.1 Å². The minimum Gasteiger partial charge on any atom is -0.542 e. The molecule has 0 unspecified atom stereocenters. The molecule has 4 nitrogen and oxygen atoms in total. The predicted octanol–water partition coefficient (Wildman–Crippen LogP) is 9.57. The van der Waals surface area contributed by atoms with Gasteiger partial charge in [0.15, 0.2) is 5.78 Å². The average Bonchev–Trinajstić information content (AvgIpc) is 2.82. The van der Waals surface area contributed by atoms with E-state index in [4.69, 9.17) is 8.85 Å². The molecule has 1 aliphatic carbocycles. The first-order chi connectivity index (χ1) is 17.6. The first kappa shape index (κ1) is 30.4. The molecule has 0 spiro atoms. The highest BCUT2D eigenvalue weighted by molar-refractivity contribution is 6.79. The lowest BCUT2D eigenvalue weighted by atomic mass is 9.83. The molecule has 3 rings (SSSR count). The summed E-state index contributed by atoms with van der Waals surface area (Å²) in [5, 5.41) is 0. The van der Waals surface area contributed by atoms with Crippen molar-refractivity contribution >= 4 is 28.2 Å². The molecule has 0 fully saturated rings. The van der Waals surface area contributed by atoms with E-state index in [1.165, 1.54) is 0 Å². The van der Waals surface area contributed by atoms with Crippen molar-refractivity contribution in [2.45, 2.75) is 116 Å². The quantitative estimate of drug-likeness (QED) is 0.235. The predicted molar refractivity (Wildman–Crippen MR) is 163 cm³/mol. The molecular formula is C32H48O4Si2. The average molecular weight is 553 g/mol. The third kappa shape index (κ3) is 4.72. The van der Waals surface area contributed by atoms with E-state index in [2.05, 4.69) is 83.1 Å². The van der Waals surface area contributed by atoms with Crippen molar-refractivity contribution < 1.29 is 18.4 Å². The Balaban J connectivity index is 2.24. The van der Waals surface area contributed by atoms with Crippen LogP contribution in [0.25, 0.3) is 0 Å². The maximum absolute atomic E-state index is 14.4. The summed E-state index contributed by atoms with van der Waals surface area (Å²) in [5.74, 6) is 0.787. The van der Waals surface area contributed by atoms with Gasteiger partial charge in [0.2, 0.25) is 5.78 Å². The minimum absolute atomic E-state index is 0.137. The van der Waals surface area contributed by atoms with Gasteiger partial charge in [0, 0.05) is 11.1 Å². The van der Waals surface area contributed by atoms with Crippen molar-refractivity contribution in [2.75, 3.05) is 0 Å². The van der Waals surface area contributed by atoms with Crippen LogP contribution in [0.4, 0.5) is 0 Å². The van der Waals surface area contributed by atoms with Gasteiger partial charge in [0.25, 0.3) is 16.6 Å². The molecule has 0 aliphatic heterocycles. The molecule has 0 saturated heterocycles.